The zero-order valence-corrected chi connectivity index (χ0v) is 13.6. The average molecular weight is 360 g/mol. The summed E-state index contributed by atoms with van der Waals surface area (Å²) < 4.78 is 29.3. The van der Waals surface area contributed by atoms with E-state index in [0.717, 1.165) is 18.2 Å². The maximum absolute atomic E-state index is 14.2. The Labute approximate surface area is 147 Å². The molecule has 126 valence electrons. The van der Waals surface area contributed by atoms with Crippen LogP contribution in [0.1, 0.15) is 23.5 Å². The first-order valence-electron chi connectivity index (χ1n) is 7.62. The molecule has 1 aliphatic rings. The molecule has 0 fully saturated rings. The van der Waals surface area contributed by atoms with Crippen molar-refractivity contribution in [3.05, 3.63) is 76.4 Å². The highest BCUT2D eigenvalue weighted by Gasteiger charge is 2.32. The molecular weight excluding hydrogens is 348 g/mol. The number of halogens is 3. The third-order valence-corrected chi connectivity index (χ3v) is 4.55. The molecular formula is C18H12ClF2N3O. The molecule has 0 aliphatic carbocycles. The molecule has 1 aromatic heterocycles. The molecule has 25 heavy (non-hydrogen) atoms. The Hall–Kier alpha value is -2.73. The lowest BCUT2D eigenvalue weighted by Gasteiger charge is -2.24. The summed E-state index contributed by atoms with van der Waals surface area (Å²) in [7, 11) is 0. The Balaban J connectivity index is 1.87. The minimum atomic E-state index is -0.615. The topological polar surface area (TPSA) is 46.9 Å². The number of amides is 1. The maximum Gasteiger partial charge on any atom is 0.226 e. The number of para-hydroxylation sites is 1. The van der Waals surface area contributed by atoms with Crippen LogP contribution in [0.4, 0.5) is 14.6 Å². The van der Waals surface area contributed by atoms with Crippen molar-refractivity contribution in [2.24, 2.45) is 0 Å². The molecule has 0 radical (unpaired) electrons. The molecule has 0 spiro atoms. The number of hydrogen-bond donors (Lipinski definition) is 1. The Morgan fingerprint density at radius 2 is 1.96 bits per heavy atom. The minimum Gasteiger partial charge on any atom is -0.310 e. The van der Waals surface area contributed by atoms with Crippen molar-refractivity contribution < 1.29 is 13.6 Å². The van der Waals surface area contributed by atoms with Crippen molar-refractivity contribution in [3.63, 3.8) is 0 Å². The predicted octanol–water partition coefficient (Wildman–Crippen LogP) is 4.28. The monoisotopic (exact) mass is 359 g/mol. The highest BCUT2D eigenvalue weighted by atomic mass is 35.5. The summed E-state index contributed by atoms with van der Waals surface area (Å²) in [4.78, 5) is 12.2. The van der Waals surface area contributed by atoms with Crippen molar-refractivity contribution >= 4 is 23.3 Å². The molecule has 1 unspecified atom stereocenters. The first kappa shape index (κ1) is 15.8. The summed E-state index contributed by atoms with van der Waals surface area (Å²) >= 11 is 6.21. The fourth-order valence-corrected chi connectivity index (χ4v) is 3.30. The molecule has 0 bridgehead atoms. The Morgan fingerprint density at radius 3 is 2.76 bits per heavy atom. The van der Waals surface area contributed by atoms with Gasteiger partial charge >= 0.3 is 0 Å². The highest BCUT2D eigenvalue weighted by molar-refractivity contribution is 6.32. The van der Waals surface area contributed by atoms with Gasteiger partial charge in [-0.05, 0) is 35.9 Å². The number of fused-ring (bicyclic) bond motifs is 1. The first-order chi connectivity index (χ1) is 12.0. The number of anilines is 1. The van der Waals surface area contributed by atoms with E-state index in [2.05, 4.69) is 10.4 Å². The van der Waals surface area contributed by atoms with E-state index in [1.807, 2.05) is 0 Å². The van der Waals surface area contributed by atoms with E-state index in [1.54, 1.807) is 30.5 Å². The van der Waals surface area contributed by atoms with Gasteiger partial charge in [0.05, 0.1) is 16.9 Å². The van der Waals surface area contributed by atoms with Gasteiger partial charge in [-0.15, -0.1) is 0 Å². The van der Waals surface area contributed by atoms with Crippen LogP contribution < -0.4 is 5.32 Å². The Bertz CT molecular complexity index is 986. The average Bonchev–Trinajstić information content (AvgIpc) is 3.00. The van der Waals surface area contributed by atoms with Crippen LogP contribution in [0.5, 0.6) is 0 Å². The molecule has 2 heterocycles. The lowest BCUT2D eigenvalue weighted by Crippen LogP contribution is -2.25. The molecule has 7 heteroatoms. The van der Waals surface area contributed by atoms with Crippen molar-refractivity contribution in [1.82, 2.24) is 9.78 Å². The summed E-state index contributed by atoms with van der Waals surface area (Å²) in [5.41, 5.74) is 1.34. The fraction of sp³-hybridized carbons (Fsp3) is 0.111. The molecule has 1 amide bonds. The number of rotatable bonds is 2. The van der Waals surface area contributed by atoms with Gasteiger partial charge in [-0.3, -0.25) is 4.79 Å². The molecule has 2 aromatic carbocycles. The van der Waals surface area contributed by atoms with Gasteiger partial charge in [-0.2, -0.15) is 5.10 Å². The molecule has 0 saturated carbocycles. The molecule has 1 N–H and O–H groups in total. The van der Waals surface area contributed by atoms with Crippen molar-refractivity contribution in [2.45, 2.75) is 12.3 Å². The summed E-state index contributed by atoms with van der Waals surface area (Å²) in [6.07, 6.45) is 1.56. The number of nitrogens with one attached hydrogen (secondary N) is 1. The van der Waals surface area contributed by atoms with E-state index in [1.165, 1.54) is 4.68 Å². The number of benzene rings is 2. The normalized spacial score (nSPS) is 16.4. The third kappa shape index (κ3) is 2.68. The minimum absolute atomic E-state index is 0.0155. The number of carbonyl (C=O) groups is 1. The number of nitrogens with zero attached hydrogens (tertiary/aromatic N) is 2. The smallest absolute Gasteiger partial charge is 0.226 e. The van der Waals surface area contributed by atoms with E-state index in [9.17, 15) is 13.6 Å². The third-order valence-electron chi connectivity index (χ3n) is 4.23. The van der Waals surface area contributed by atoms with E-state index < -0.39 is 17.6 Å². The van der Waals surface area contributed by atoms with Gasteiger partial charge < -0.3 is 5.32 Å². The van der Waals surface area contributed by atoms with E-state index in [-0.39, 0.29) is 17.9 Å². The molecule has 0 saturated heterocycles. The van der Waals surface area contributed by atoms with Crippen LogP contribution in [0.15, 0.2) is 48.7 Å². The summed E-state index contributed by atoms with van der Waals surface area (Å²) in [6.45, 7) is 0. The summed E-state index contributed by atoms with van der Waals surface area (Å²) in [5, 5.41) is 7.51. The standard InChI is InChI=1S/C18H12ClF2N3O/c19-14-3-1-2-4-16(14)24-18-13(9-22-24)11(8-17(25)23-18)12-7-10(20)5-6-15(12)21/h1-7,9,11H,8H2,(H,23,25). The van der Waals surface area contributed by atoms with Gasteiger partial charge in [-0.1, -0.05) is 23.7 Å². The quantitative estimate of drug-likeness (QED) is 0.742. The highest BCUT2D eigenvalue weighted by Crippen LogP contribution is 2.39. The van der Waals surface area contributed by atoms with Gasteiger partial charge in [0.1, 0.15) is 17.5 Å². The van der Waals surface area contributed by atoms with Crippen molar-refractivity contribution in [3.8, 4) is 5.69 Å². The Kier molecular flexibility index (Phi) is 3.77. The molecule has 4 nitrogen and oxygen atoms in total. The van der Waals surface area contributed by atoms with Crippen LogP contribution in [0.25, 0.3) is 5.69 Å². The molecule has 4 rings (SSSR count). The van der Waals surface area contributed by atoms with Crippen LogP contribution in [0.3, 0.4) is 0 Å². The van der Waals surface area contributed by atoms with Crippen LogP contribution in [0.2, 0.25) is 5.02 Å². The number of carbonyl (C=O) groups excluding carboxylic acids is 1. The predicted molar refractivity (Wildman–Crippen MR) is 90.0 cm³/mol. The van der Waals surface area contributed by atoms with E-state index in [4.69, 9.17) is 11.6 Å². The largest absolute Gasteiger partial charge is 0.310 e. The van der Waals surface area contributed by atoms with Crippen LogP contribution in [-0.2, 0) is 4.79 Å². The van der Waals surface area contributed by atoms with E-state index in [0.29, 0.717) is 22.1 Å². The Morgan fingerprint density at radius 1 is 1.16 bits per heavy atom. The zero-order chi connectivity index (χ0) is 17.6. The molecule has 1 aliphatic heterocycles. The van der Waals surface area contributed by atoms with Crippen LogP contribution in [-0.4, -0.2) is 15.7 Å². The van der Waals surface area contributed by atoms with Gasteiger partial charge in [0.25, 0.3) is 0 Å². The van der Waals surface area contributed by atoms with Crippen molar-refractivity contribution in [2.75, 3.05) is 5.32 Å². The van der Waals surface area contributed by atoms with Crippen LogP contribution in [0, 0.1) is 11.6 Å². The SMILES string of the molecule is O=C1CC(c2cc(F)ccc2F)c2cnn(-c3ccccc3Cl)c2N1. The van der Waals surface area contributed by atoms with Crippen molar-refractivity contribution in [1.29, 1.82) is 0 Å². The number of aromatic nitrogens is 2. The second-order valence-electron chi connectivity index (χ2n) is 5.78. The van der Waals surface area contributed by atoms with Gasteiger partial charge in [0, 0.05) is 17.9 Å². The lowest BCUT2D eigenvalue weighted by atomic mass is 9.87. The van der Waals surface area contributed by atoms with Crippen LogP contribution >= 0.6 is 11.6 Å². The van der Waals surface area contributed by atoms with E-state index >= 15 is 0 Å². The lowest BCUT2D eigenvalue weighted by molar-refractivity contribution is -0.116. The summed E-state index contributed by atoms with van der Waals surface area (Å²) in [5.74, 6) is -1.61. The zero-order valence-electron chi connectivity index (χ0n) is 12.8. The fourth-order valence-electron chi connectivity index (χ4n) is 3.08. The first-order valence-corrected chi connectivity index (χ1v) is 8.00. The maximum atomic E-state index is 14.2. The molecule has 3 aromatic rings. The second kappa shape index (κ2) is 5.97. The van der Waals surface area contributed by atoms with Gasteiger partial charge in [0.2, 0.25) is 5.91 Å². The summed E-state index contributed by atoms with van der Waals surface area (Å²) in [6, 6.07) is 10.3. The van der Waals surface area contributed by atoms with Gasteiger partial charge in [-0.25, -0.2) is 13.5 Å². The second-order valence-corrected chi connectivity index (χ2v) is 6.19. The number of hydrogen-bond acceptors (Lipinski definition) is 2. The van der Waals surface area contributed by atoms with Gasteiger partial charge in [0.15, 0.2) is 0 Å². The molecule has 1 atom stereocenters.